The van der Waals surface area contributed by atoms with Crippen LogP contribution >= 0.6 is 15.9 Å². The second-order valence-corrected chi connectivity index (χ2v) is 10.8. The van der Waals surface area contributed by atoms with Gasteiger partial charge in [-0.05, 0) is 66.1 Å². The van der Waals surface area contributed by atoms with Crippen molar-refractivity contribution in [2.24, 2.45) is 5.92 Å². The molecule has 0 fully saturated rings. The van der Waals surface area contributed by atoms with Crippen LogP contribution in [0.3, 0.4) is 0 Å². The topological polar surface area (TPSA) is 63.7 Å². The summed E-state index contributed by atoms with van der Waals surface area (Å²) in [4.78, 5) is 14.1. The Kier molecular flexibility index (Phi) is 8.27. The summed E-state index contributed by atoms with van der Waals surface area (Å²) in [7, 11) is -4.47. The maximum atomic E-state index is 13.0. The standard InChI is InChI=1S/C25H23BrF3NO4S/c1-17(2)15-30(24(31)19-8-10-21(26)11-9-19)16-18-6-12-22(13-7-18)34-35(32,33)23-5-3-4-20(14-23)25(27,28)29/h3-14,17H,15-16H2,1-2H3. The fourth-order valence-electron chi connectivity index (χ4n) is 3.31. The zero-order valence-electron chi connectivity index (χ0n) is 18.9. The number of amides is 1. The number of hydrogen-bond acceptors (Lipinski definition) is 4. The van der Waals surface area contributed by atoms with Crippen LogP contribution in [0.5, 0.6) is 5.75 Å². The molecule has 3 aromatic rings. The van der Waals surface area contributed by atoms with Gasteiger partial charge in [-0.2, -0.15) is 21.6 Å². The van der Waals surface area contributed by atoms with E-state index in [1.165, 1.54) is 12.1 Å². The highest BCUT2D eigenvalue weighted by molar-refractivity contribution is 9.10. The molecule has 0 aliphatic carbocycles. The Hall–Kier alpha value is -2.85. The molecule has 0 aliphatic rings. The second-order valence-electron chi connectivity index (χ2n) is 8.29. The van der Waals surface area contributed by atoms with Crippen LogP contribution in [-0.2, 0) is 22.8 Å². The molecule has 0 saturated carbocycles. The molecule has 0 atom stereocenters. The molecule has 10 heteroatoms. The molecule has 35 heavy (non-hydrogen) atoms. The number of halogens is 4. The highest BCUT2D eigenvalue weighted by atomic mass is 79.9. The van der Waals surface area contributed by atoms with E-state index in [0.29, 0.717) is 18.2 Å². The van der Waals surface area contributed by atoms with E-state index in [0.717, 1.165) is 28.2 Å². The Balaban J connectivity index is 1.75. The maximum absolute atomic E-state index is 13.0. The first-order valence-corrected chi connectivity index (χ1v) is 12.8. The number of hydrogen-bond donors (Lipinski definition) is 0. The molecule has 0 aromatic heterocycles. The minimum Gasteiger partial charge on any atom is -0.379 e. The fourth-order valence-corrected chi connectivity index (χ4v) is 4.55. The lowest BCUT2D eigenvalue weighted by Crippen LogP contribution is -2.33. The van der Waals surface area contributed by atoms with Crippen molar-refractivity contribution in [3.8, 4) is 5.75 Å². The molecule has 0 heterocycles. The lowest BCUT2D eigenvalue weighted by molar-refractivity contribution is -0.137. The first-order chi connectivity index (χ1) is 16.3. The quantitative estimate of drug-likeness (QED) is 0.289. The molecule has 0 unspecified atom stereocenters. The van der Waals surface area contributed by atoms with Crippen molar-refractivity contribution >= 4 is 32.0 Å². The molecule has 0 aliphatic heterocycles. The summed E-state index contributed by atoms with van der Waals surface area (Å²) in [5, 5.41) is 0. The van der Waals surface area contributed by atoms with E-state index in [4.69, 9.17) is 4.18 Å². The third-order valence-corrected chi connectivity index (χ3v) is 6.69. The van der Waals surface area contributed by atoms with E-state index < -0.39 is 26.8 Å². The average Bonchev–Trinajstić information content (AvgIpc) is 2.79. The number of alkyl halides is 3. The molecule has 0 radical (unpaired) electrons. The van der Waals surface area contributed by atoms with Crippen molar-refractivity contribution in [1.82, 2.24) is 4.90 Å². The fraction of sp³-hybridized carbons (Fsp3) is 0.240. The van der Waals surface area contributed by atoms with Crippen LogP contribution in [0.2, 0.25) is 0 Å². The summed E-state index contributed by atoms with van der Waals surface area (Å²) < 4.78 is 69.7. The molecular formula is C25H23BrF3NO4S. The van der Waals surface area contributed by atoms with Gasteiger partial charge < -0.3 is 9.08 Å². The molecule has 0 saturated heterocycles. The van der Waals surface area contributed by atoms with Crippen LogP contribution in [0.25, 0.3) is 0 Å². The minimum absolute atomic E-state index is 0.0548. The maximum Gasteiger partial charge on any atom is 0.416 e. The normalized spacial score (nSPS) is 12.0. The van der Waals surface area contributed by atoms with Crippen LogP contribution in [0.1, 0.15) is 35.3 Å². The van der Waals surface area contributed by atoms with Gasteiger partial charge in [0.05, 0.1) is 5.56 Å². The molecule has 1 amide bonds. The molecule has 0 bridgehead atoms. The molecule has 3 aromatic carbocycles. The SMILES string of the molecule is CC(C)CN(Cc1ccc(OS(=O)(=O)c2cccc(C(F)(F)F)c2)cc1)C(=O)c1ccc(Br)cc1. The first kappa shape index (κ1) is 26.7. The largest absolute Gasteiger partial charge is 0.416 e. The van der Waals surface area contributed by atoms with E-state index in [1.807, 2.05) is 13.8 Å². The molecule has 0 N–H and O–H groups in total. The van der Waals surface area contributed by atoms with Crippen molar-refractivity contribution < 1.29 is 30.6 Å². The van der Waals surface area contributed by atoms with Crippen molar-refractivity contribution in [1.29, 1.82) is 0 Å². The molecule has 186 valence electrons. The summed E-state index contributed by atoms with van der Waals surface area (Å²) in [6.07, 6.45) is -4.68. The lowest BCUT2D eigenvalue weighted by atomic mass is 10.1. The van der Waals surface area contributed by atoms with Crippen LogP contribution < -0.4 is 4.18 Å². The van der Waals surface area contributed by atoms with E-state index >= 15 is 0 Å². The van der Waals surface area contributed by atoms with Gasteiger partial charge >= 0.3 is 16.3 Å². The predicted molar refractivity (Wildman–Crippen MR) is 129 cm³/mol. The summed E-state index contributed by atoms with van der Waals surface area (Å²) in [6.45, 7) is 4.79. The lowest BCUT2D eigenvalue weighted by Gasteiger charge is -2.25. The van der Waals surface area contributed by atoms with Crippen LogP contribution in [0, 0.1) is 5.92 Å². The third-order valence-electron chi connectivity index (χ3n) is 4.92. The average molecular weight is 570 g/mol. The molecule has 5 nitrogen and oxygen atoms in total. The van der Waals surface area contributed by atoms with E-state index in [9.17, 15) is 26.4 Å². The number of benzene rings is 3. The van der Waals surface area contributed by atoms with E-state index in [1.54, 1.807) is 41.3 Å². The zero-order valence-corrected chi connectivity index (χ0v) is 21.3. The van der Waals surface area contributed by atoms with Gasteiger partial charge in [-0.25, -0.2) is 0 Å². The van der Waals surface area contributed by atoms with Crippen LogP contribution in [-0.4, -0.2) is 25.8 Å². The summed E-state index contributed by atoms with van der Waals surface area (Å²) in [6, 6.07) is 16.4. The Labute approximate surface area is 210 Å². The number of carbonyl (C=O) groups is 1. The number of carbonyl (C=O) groups excluding carboxylic acids is 1. The van der Waals surface area contributed by atoms with E-state index in [2.05, 4.69) is 15.9 Å². The van der Waals surface area contributed by atoms with Crippen LogP contribution in [0.4, 0.5) is 13.2 Å². The van der Waals surface area contributed by atoms with Crippen LogP contribution in [0.15, 0.2) is 82.2 Å². The predicted octanol–water partition coefficient (Wildman–Crippen LogP) is 6.53. The molecule has 3 rings (SSSR count). The number of nitrogens with zero attached hydrogens (tertiary/aromatic N) is 1. The smallest absolute Gasteiger partial charge is 0.379 e. The summed E-state index contributed by atoms with van der Waals surface area (Å²) >= 11 is 3.35. The van der Waals surface area contributed by atoms with Gasteiger partial charge in [0, 0.05) is 23.1 Å². The van der Waals surface area contributed by atoms with E-state index in [-0.39, 0.29) is 24.1 Å². The summed E-state index contributed by atoms with van der Waals surface area (Å²) in [5.74, 6) is 0.0223. The highest BCUT2D eigenvalue weighted by Gasteiger charge is 2.32. The summed E-state index contributed by atoms with van der Waals surface area (Å²) in [5.41, 5.74) is 0.194. The van der Waals surface area contributed by atoms with Crippen molar-refractivity contribution in [3.63, 3.8) is 0 Å². The Morgan fingerprint density at radius 2 is 1.63 bits per heavy atom. The van der Waals surface area contributed by atoms with Gasteiger partial charge in [-0.15, -0.1) is 0 Å². The highest BCUT2D eigenvalue weighted by Crippen LogP contribution is 2.31. The van der Waals surface area contributed by atoms with Gasteiger partial charge in [0.1, 0.15) is 10.6 Å². The Bertz CT molecular complexity index is 1280. The first-order valence-electron chi connectivity index (χ1n) is 10.6. The second kappa shape index (κ2) is 10.8. The van der Waals surface area contributed by atoms with Gasteiger partial charge in [0.25, 0.3) is 5.91 Å². The van der Waals surface area contributed by atoms with Gasteiger partial charge in [0.2, 0.25) is 0 Å². The molecular weight excluding hydrogens is 547 g/mol. The van der Waals surface area contributed by atoms with Crippen molar-refractivity contribution in [2.75, 3.05) is 6.54 Å². The van der Waals surface area contributed by atoms with Crippen molar-refractivity contribution in [2.45, 2.75) is 31.5 Å². The van der Waals surface area contributed by atoms with Gasteiger partial charge in [-0.1, -0.05) is 48.0 Å². The Morgan fingerprint density at radius 3 is 2.20 bits per heavy atom. The third kappa shape index (κ3) is 7.32. The molecule has 0 spiro atoms. The number of rotatable bonds is 8. The van der Waals surface area contributed by atoms with Gasteiger partial charge in [-0.3, -0.25) is 4.79 Å². The Morgan fingerprint density at radius 1 is 1.00 bits per heavy atom. The minimum atomic E-state index is -4.68. The zero-order chi connectivity index (χ0) is 25.8. The van der Waals surface area contributed by atoms with Gasteiger partial charge in [0.15, 0.2) is 0 Å². The monoisotopic (exact) mass is 569 g/mol. The van der Waals surface area contributed by atoms with Crippen molar-refractivity contribution in [3.05, 3.63) is 94.0 Å².